The molecule has 3 aliphatic carbocycles. The SMILES string of the molecule is CCC(C)C1(C)COC(C(C)C2CC3CC3(C)C2(C)C)(C2CCC(C)=CC2C)OC1. The highest BCUT2D eigenvalue weighted by atomic mass is 16.7. The number of rotatable bonds is 5. The highest BCUT2D eigenvalue weighted by molar-refractivity contribution is 5.18. The molecule has 0 amide bonds. The van der Waals surface area contributed by atoms with Gasteiger partial charge in [-0.2, -0.15) is 0 Å². The minimum Gasteiger partial charge on any atom is -0.349 e. The van der Waals surface area contributed by atoms with E-state index in [-0.39, 0.29) is 5.41 Å². The maximum Gasteiger partial charge on any atom is 0.174 e. The van der Waals surface area contributed by atoms with Crippen molar-refractivity contribution in [2.75, 3.05) is 13.2 Å². The number of hydrogen-bond donors (Lipinski definition) is 0. The number of ether oxygens (including phenoxy) is 2. The quantitative estimate of drug-likeness (QED) is 0.432. The van der Waals surface area contributed by atoms with Crippen LogP contribution in [0.15, 0.2) is 11.6 Å². The number of fused-ring (bicyclic) bond motifs is 1. The lowest BCUT2D eigenvalue weighted by atomic mass is 9.61. The van der Waals surface area contributed by atoms with Crippen molar-refractivity contribution < 1.29 is 9.47 Å². The average Bonchev–Trinajstić information content (AvgIpc) is 3.32. The van der Waals surface area contributed by atoms with E-state index in [0.29, 0.717) is 40.4 Å². The molecule has 0 aromatic heterocycles. The first-order valence-corrected chi connectivity index (χ1v) is 12.9. The van der Waals surface area contributed by atoms with Gasteiger partial charge in [0, 0.05) is 17.3 Å². The van der Waals surface area contributed by atoms with E-state index in [9.17, 15) is 0 Å². The van der Waals surface area contributed by atoms with Gasteiger partial charge in [-0.1, -0.05) is 73.5 Å². The van der Waals surface area contributed by atoms with Crippen LogP contribution in [-0.4, -0.2) is 19.0 Å². The Bertz CT molecular complexity index is 683. The highest BCUT2D eigenvalue weighted by Gasteiger charge is 2.70. The van der Waals surface area contributed by atoms with Crippen LogP contribution < -0.4 is 0 Å². The second kappa shape index (κ2) is 7.34. The van der Waals surface area contributed by atoms with Gasteiger partial charge in [-0.05, 0) is 67.1 Å². The van der Waals surface area contributed by atoms with Gasteiger partial charge < -0.3 is 9.47 Å². The van der Waals surface area contributed by atoms with Crippen LogP contribution in [0.1, 0.15) is 94.4 Å². The van der Waals surface area contributed by atoms with E-state index in [4.69, 9.17) is 9.47 Å². The van der Waals surface area contributed by atoms with Gasteiger partial charge in [0.2, 0.25) is 0 Å². The van der Waals surface area contributed by atoms with E-state index >= 15 is 0 Å². The molecule has 7 atom stereocenters. The molecule has 3 fully saturated rings. The Hall–Kier alpha value is -0.340. The fraction of sp³-hybridized carbons (Fsp3) is 0.929. The third-order valence-corrected chi connectivity index (χ3v) is 11.2. The Labute approximate surface area is 186 Å². The summed E-state index contributed by atoms with van der Waals surface area (Å²) in [4.78, 5) is 0. The van der Waals surface area contributed by atoms with E-state index in [1.807, 2.05) is 0 Å². The first kappa shape index (κ1) is 22.8. The second-order valence-corrected chi connectivity index (χ2v) is 13.0. The summed E-state index contributed by atoms with van der Waals surface area (Å²) in [6.45, 7) is 23.5. The van der Waals surface area contributed by atoms with Crippen LogP contribution in [0.4, 0.5) is 0 Å². The zero-order valence-corrected chi connectivity index (χ0v) is 21.3. The third-order valence-electron chi connectivity index (χ3n) is 11.2. The zero-order chi connectivity index (χ0) is 22.1. The molecular weight excluding hydrogens is 368 g/mol. The van der Waals surface area contributed by atoms with Gasteiger partial charge in [-0.25, -0.2) is 0 Å². The maximum atomic E-state index is 7.05. The maximum absolute atomic E-state index is 7.05. The predicted molar refractivity (Wildman–Crippen MR) is 125 cm³/mol. The molecule has 1 heterocycles. The molecule has 0 aromatic rings. The lowest BCUT2D eigenvalue weighted by molar-refractivity contribution is -0.364. The largest absolute Gasteiger partial charge is 0.349 e. The lowest BCUT2D eigenvalue weighted by Gasteiger charge is -2.57. The summed E-state index contributed by atoms with van der Waals surface area (Å²) in [5.41, 5.74) is 2.55. The van der Waals surface area contributed by atoms with E-state index in [0.717, 1.165) is 19.1 Å². The van der Waals surface area contributed by atoms with Crippen molar-refractivity contribution in [2.45, 2.75) is 100 Å². The average molecular weight is 417 g/mol. The van der Waals surface area contributed by atoms with E-state index in [2.05, 4.69) is 68.4 Å². The summed E-state index contributed by atoms with van der Waals surface area (Å²) >= 11 is 0. The van der Waals surface area contributed by atoms with Gasteiger partial charge in [-0.3, -0.25) is 0 Å². The van der Waals surface area contributed by atoms with Gasteiger partial charge in [0.1, 0.15) is 0 Å². The topological polar surface area (TPSA) is 18.5 Å². The van der Waals surface area contributed by atoms with Crippen molar-refractivity contribution in [3.05, 3.63) is 11.6 Å². The lowest BCUT2D eigenvalue weighted by Crippen LogP contribution is -2.61. The Balaban J connectivity index is 1.66. The van der Waals surface area contributed by atoms with Crippen LogP contribution in [0.5, 0.6) is 0 Å². The van der Waals surface area contributed by atoms with Crippen molar-refractivity contribution in [1.29, 1.82) is 0 Å². The molecule has 4 rings (SSSR count). The monoisotopic (exact) mass is 416 g/mol. The summed E-state index contributed by atoms with van der Waals surface area (Å²) < 4.78 is 14.1. The van der Waals surface area contributed by atoms with Crippen LogP contribution in [0.3, 0.4) is 0 Å². The van der Waals surface area contributed by atoms with Crippen LogP contribution >= 0.6 is 0 Å². The Morgan fingerprint density at radius 1 is 1.10 bits per heavy atom. The van der Waals surface area contributed by atoms with E-state index in [1.54, 1.807) is 0 Å². The normalized spacial score (nSPS) is 49.8. The zero-order valence-electron chi connectivity index (χ0n) is 21.3. The van der Waals surface area contributed by atoms with Crippen LogP contribution in [0.2, 0.25) is 0 Å². The molecule has 1 aliphatic heterocycles. The summed E-state index contributed by atoms with van der Waals surface area (Å²) in [6.07, 6.45) is 8.85. The molecular formula is C28H48O2. The molecule has 1 saturated heterocycles. The molecule has 0 bridgehead atoms. The molecule has 30 heavy (non-hydrogen) atoms. The molecule has 0 radical (unpaired) electrons. The summed E-state index contributed by atoms with van der Waals surface area (Å²) in [5, 5.41) is 0. The molecule has 7 unspecified atom stereocenters. The standard InChI is InChI=1S/C28H48O2/c1-10-20(4)26(8)16-29-28(30-17-26,23-12-11-18(2)13-19(23)3)21(5)24-14-22-15-27(22,9)25(24,6)7/h13,19-24H,10-12,14-17H2,1-9H3. The number of hydrogen-bond acceptors (Lipinski definition) is 2. The van der Waals surface area contributed by atoms with Crippen LogP contribution in [0.25, 0.3) is 0 Å². The molecule has 172 valence electrons. The van der Waals surface area contributed by atoms with Crippen LogP contribution in [0, 0.1) is 51.8 Å². The van der Waals surface area contributed by atoms with Crippen molar-refractivity contribution >= 4 is 0 Å². The third kappa shape index (κ3) is 3.18. The molecule has 2 nitrogen and oxygen atoms in total. The van der Waals surface area contributed by atoms with Crippen molar-refractivity contribution in [1.82, 2.24) is 0 Å². The van der Waals surface area contributed by atoms with Crippen molar-refractivity contribution in [3.63, 3.8) is 0 Å². The van der Waals surface area contributed by atoms with Crippen molar-refractivity contribution in [2.24, 2.45) is 51.8 Å². The van der Waals surface area contributed by atoms with Crippen molar-refractivity contribution in [3.8, 4) is 0 Å². The van der Waals surface area contributed by atoms with E-state index < -0.39 is 5.79 Å². The van der Waals surface area contributed by atoms with Gasteiger partial charge in [0.05, 0.1) is 13.2 Å². The fourth-order valence-electron chi connectivity index (χ4n) is 7.81. The summed E-state index contributed by atoms with van der Waals surface area (Å²) in [5.74, 6) is 3.18. The van der Waals surface area contributed by atoms with Gasteiger partial charge in [0.25, 0.3) is 0 Å². The van der Waals surface area contributed by atoms with Gasteiger partial charge in [0.15, 0.2) is 5.79 Å². The molecule has 4 aliphatic rings. The Morgan fingerprint density at radius 2 is 1.73 bits per heavy atom. The number of allylic oxidation sites excluding steroid dienone is 2. The first-order chi connectivity index (χ1) is 13.9. The molecule has 2 saturated carbocycles. The predicted octanol–water partition coefficient (Wildman–Crippen LogP) is 7.48. The molecule has 0 aromatic carbocycles. The molecule has 0 spiro atoms. The Morgan fingerprint density at radius 3 is 2.23 bits per heavy atom. The van der Waals surface area contributed by atoms with E-state index in [1.165, 1.54) is 37.7 Å². The fourth-order valence-corrected chi connectivity index (χ4v) is 7.81. The highest BCUT2D eigenvalue weighted by Crippen LogP contribution is 2.76. The minimum absolute atomic E-state index is 0.126. The summed E-state index contributed by atoms with van der Waals surface area (Å²) in [6, 6.07) is 0. The smallest absolute Gasteiger partial charge is 0.174 e. The Kier molecular flexibility index (Phi) is 5.59. The summed E-state index contributed by atoms with van der Waals surface area (Å²) in [7, 11) is 0. The van der Waals surface area contributed by atoms with Crippen LogP contribution in [-0.2, 0) is 9.47 Å². The first-order valence-electron chi connectivity index (χ1n) is 12.9. The molecule has 0 N–H and O–H groups in total. The molecule has 2 heteroatoms. The van der Waals surface area contributed by atoms with Gasteiger partial charge >= 0.3 is 0 Å². The second-order valence-electron chi connectivity index (χ2n) is 13.0. The minimum atomic E-state index is -0.432. The van der Waals surface area contributed by atoms with Gasteiger partial charge in [-0.15, -0.1) is 0 Å².